The highest BCUT2D eigenvalue weighted by molar-refractivity contribution is 6.00. The van der Waals surface area contributed by atoms with E-state index in [4.69, 9.17) is 0 Å². The van der Waals surface area contributed by atoms with E-state index in [1.165, 1.54) is 0 Å². The van der Waals surface area contributed by atoms with Gasteiger partial charge in [-0.25, -0.2) is 9.59 Å². The average Bonchev–Trinajstić information content (AvgIpc) is 3.06. The van der Waals surface area contributed by atoms with Crippen LogP contribution in [-0.4, -0.2) is 87.9 Å². The first-order valence-electron chi connectivity index (χ1n) is 17.1. The Kier molecular flexibility index (Phi) is 14.9. The number of benzene rings is 2. The largest absolute Gasteiger partial charge is 0.481 e. The number of carbonyl (C=O) groups is 8. The van der Waals surface area contributed by atoms with Crippen molar-refractivity contribution in [1.82, 2.24) is 26.6 Å². The number of amides is 7. The molecule has 0 aliphatic carbocycles. The van der Waals surface area contributed by atoms with Crippen molar-refractivity contribution in [2.75, 3.05) is 10.6 Å². The van der Waals surface area contributed by atoms with Gasteiger partial charge in [0, 0.05) is 17.8 Å². The Morgan fingerprint density at radius 2 is 1.34 bits per heavy atom. The van der Waals surface area contributed by atoms with E-state index in [-0.39, 0.29) is 18.8 Å². The maximum absolute atomic E-state index is 13.8. The van der Waals surface area contributed by atoms with Crippen molar-refractivity contribution in [1.29, 1.82) is 0 Å². The van der Waals surface area contributed by atoms with Crippen molar-refractivity contribution in [2.24, 2.45) is 11.8 Å². The van der Waals surface area contributed by atoms with E-state index in [2.05, 4.69) is 37.2 Å². The van der Waals surface area contributed by atoms with Gasteiger partial charge in [-0.1, -0.05) is 58.0 Å². The van der Waals surface area contributed by atoms with Crippen molar-refractivity contribution in [3.05, 3.63) is 59.7 Å². The van der Waals surface area contributed by atoms with Crippen LogP contribution in [0.5, 0.6) is 0 Å². The van der Waals surface area contributed by atoms with Crippen LogP contribution in [0.25, 0.3) is 0 Å². The molecular formula is C36H47N7O10. The second-order valence-corrected chi connectivity index (χ2v) is 13.6. The van der Waals surface area contributed by atoms with Gasteiger partial charge in [-0.3, -0.25) is 28.8 Å². The third kappa shape index (κ3) is 12.9. The number of urea groups is 1. The molecule has 286 valence electrons. The number of carbonyl (C=O) groups excluding carboxylic acids is 6. The highest BCUT2D eigenvalue weighted by Gasteiger charge is 2.36. The Morgan fingerprint density at radius 3 is 1.92 bits per heavy atom. The number of hydrogen-bond acceptors (Lipinski definition) is 8. The predicted octanol–water partition coefficient (Wildman–Crippen LogP) is 1.27. The van der Waals surface area contributed by atoms with Crippen molar-refractivity contribution in [3.8, 4) is 0 Å². The smallest absolute Gasteiger partial charge is 0.326 e. The SMILES string of the molecule is Cc1ccccc1NC(=O)Nc1ccc(C[C@H]2NC(=O)C[C@@H](C(=O)O)NC(=O)[C@H](C(C)C)NC(=O)[C@H](CC(=O)O)NC(=O)[C@H](CC(C)C)NC2=O)cc1. The van der Waals surface area contributed by atoms with E-state index in [9.17, 15) is 48.6 Å². The normalized spacial score (nSPS) is 21.8. The first kappa shape index (κ1) is 41.4. The van der Waals surface area contributed by atoms with Crippen LogP contribution in [0.1, 0.15) is 58.1 Å². The molecule has 53 heavy (non-hydrogen) atoms. The number of nitrogens with one attached hydrogen (secondary N) is 7. The molecule has 0 aromatic heterocycles. The third-order valence-electron chi connectivity index (χ3n) is 8.30. The van der Waals surface area contributed by atoms with Crippen LogP contribution in [0.3, 0.4) is 0 Å². The van der Waals surface area contributed by atoms with Gasteiger partial charge in [0.2, 0.25) is 29.5 Å². The summed E-state index contributed by atoms with van der Waals surface area (Å²) in [5.74, 6) is -8.40. The van der Waals surface area contributed by atoms with Gasteiger partial charge < -0.3 is 47.4 Å². The van der Waals surface area contributed by atoms with Crippen LogP contribution in [0, 0.1) is 18.8 Å². The Hall–Kier alpha value is -6.00. The lowest BCUT2D eigenvalue weighted by Crippen LogP contribution is -2.61. The summed E-state index contributed by atoms with van der Waals surface area (Å²) in [4.78, 5) is 103. The summed E-state index contributed by atoms with van der Waals surface area (Å²) in [6.45, 7) is 8.50. The first-order chi connectivity index (χ1) is 24.9. The monoisotopic (exact) mass is 737 g/mol. The van der Waals surface area contributed by atoms with Gasteiger partial charge in [0.1, 0.15) is 30.2 Å². The highest BCUT2D eigenvalue weighted by Crippen LogP contribution is 2.16. The molecule has 7 amide bonds. The summed E-state index contributed by atoms with van der Waals surface area (Å²) in [7, 11) is 0. The van der Waals surface area contributed by atoms with E-state index in [0.29, 0.717) is 16.9 Å². The average molecular weight is 738 g/mol. The molecule has 9 N–H and O–H groups in total. The molecule has 0 unspecified atom stereocenters. The van der Waals surface area contributed by atoms with E-state index < -0.39 is 96.5 Å². The Balaban J connectivity index is 1.94. The molecule has 0 radical (unpaired) electrons. The van der Waals surface area contributed by atoms with E-state index >= 15 is 0 Å². The summed E-state index contributed by atoms with van der Waals surface area (Å²) in [6, 6.07) is 5.64. The zero-order chi connectivity index (χ0) is 39.4. The minimum Gasteiger partial charge on any atom is -0.481 e. The molecule has 5 atom stereocenters. The second kappa shape index (κ2) is 19.0. The van der Waals surface area contributed by atoms with Gasteiger partial charge >= 0.3 is 18.0 Å². The summed E-state index contributed by atoms with van der Waals surface area (Å²) in [5.41, 5.74) is 2.41. The second-order valence-electron chi connectivity index (χ2n) is 13.6. The fourth-order valence-corrected chi connectivity index (χ4v) is 5.49. The zero-order valence-electron chi connectivity index (χ0n) is 30.1. The van der Waals surface area contributed by atoms with Crippen LogP contribution in [-0.2, 0) is 40.0 Å². The molecule has 1 fully saturated rings. The van der Waals surface area contributed by atoms with E-state index in [1.54, 1.807) is 64.1 Å². The van der Waals surface area contributed by atoms with Crippen LogP contribution in [0.4, 0.5) is 16.2 Å². The van der Waals surface area contributed by atoms with Crippen molar-refractivity contribution < 1.29 is 48.6 Å². The number of carboxylic acid groups (broad SMARTS) is 2. The molecule has 2 aromatic carbocycles. The molecule has 1 aliphatic heterocycles. The summed E-state index contributed by atoms with van der Waals surface area (Å²) in [5, 5.41) is 36.9. The minimum absolute atomic E-state index is 0.0582. The van der Waals surface area contributed by atoms with Crippen LogP contribution >= 0.6 is 0 Å². The number of carboxylic acids is 2. The highest BCUT2D eigenvalue weighted by atomic mass is 16.4. The fraction of sp³-hybridized carbons (Fsp3) is 0.444. The van der Waals surface area contributed by atoms with Crippen molar-refractivity contribution >= 4 is 58.9 Å². The van der Waals surface area contributed by atoms with Crippen molar-refractivity contribution in [3.63, 3.8) is 0 Å². The number of anilines is 2. The number of para-hydroxylation sites is 1. The number of aliphatic carboxylic acids is 2. The van der Waals surface area contributed by atoms with Gasteiger partial charge in [-0.15, -0.1) is 0 Å². The van der Waals surface area contributed by atoms with Gasteiger partial charge in [-0.05, 0) is 54.5 Å². The molecule has 0 spiro atoms. The van der Waals surface area contributed by atoms with Crippen LogP contribution < -0.4 is 37.2 Å². The summed E-state index contributed by atoms with van der Waals surface area (Å²) < 4.78 is 0. The third-order valence-corrected chi connectivity index (χ3v) is 8.30. The first-order valence-corrected chi connectivity index (χ1v) is 17.1. The summed E-state index contributed by atoms with van der Waals surface area (Å²) in [6.07, 6.45) is -1.74. The fourth-order valence-electron chi connectivity index (χ4n) is 5.49. The van der Waals surface area contributed by atoms with Gasteiger partial charge in [0.05, 0.1) is 12.8 Å². The molecular weight excluding hydrogens is 690 g/mol. The summed E-state index contributed by atoms with van der Waals surface area (Å²) >= 11 is 0. The molecule has 17 nitrogen and oxygen atoms in total. The van der Waals surface area contributed by atoms with Crippen LogP contribution in [0.15, 0.2) is 48.5 Å². The molecule has 1 heterocycles. The lowest BCUT2D eigenvalue weighted by Gasteiger charge is -2.29. The quantitative estimate of drug-likeness (QED) is 0.169. The number of rotatable bonds is 10. The Labute approximate surface area is 306 Å². The maximum Gasteiger partial charge on any atom is 0.326 e. The predicted molar refractivity (Wildman–Crippen MR) is 192 cm³/mol. The molecule has 3 rings (SSSR count). The zero-order valence-corrected chi connectivity index (χ0v) is 30.1. The van der Waals surface area contributed by atoms with E-state index in [1.807, 2.05) is 19.1 Å². The van der Waals surface area contributed by atoms with Gasteiger partial charge in [-0.2, -0.15) is 0 Å². The Bertz CT molecular complexity index is 1700. The Morgan fingerprint density at radius 1 is 0.736 bits per heavy atom. The standard InChI is InChI=1S/C36H47N7O10/c1-18(2)14-24-31(47)40-26(17-29(45)46)33(49)43-30(19(3)4)34(50)41-27(35(51)52)16-28(44)38-25(32(48)39-24)15-21-10-12-22(13-11-21)37-36(53)42-23-9-7-6-8-20(23)5/h6-13,18-19,24-27,30H,14-17H2,1-5H3,(H,38,44)(H,39,48)(H,40,47)(H,41,50)(H,43,49)(H,45,46)(H,51,52)(H2,37,42,53)/t24-,25+,26-,27-,30-/m0/s1. The lowest BCUT2D eigenvalue weighted by molar-refractivity contribution is -0.145. The lowest BCUT2D eigenvalue weighted by atomic mass is 9.99. The number of hydrogen-bond donors (Lipinski definition) is 9. The molecule has 2 aromatic rings. The molecule has 17 heteroatoms. The molecule has 0 saturated carbocycles. The molecule has 0 bridgehead atoms. The van der Waals surface area contributed by atoms with Crippen molar-refractivity contribution in [2.45, 2.75) is 90.5 Å². The topological polar surface area (TPSA) is 261 Å². The number of aryl methyl sites for hydroxylation is 1. The van der Waals surface area contributed by atoms with Gasteiger partial charge in [0.25, 0.3) is 0 Å². The molecule has 1 saturated heterocycles. The minimum atomic E-state index is -1.77. The van der Waals surface area contributed by atoms with E-state index in [0.717, 1.165) is 5.56 Å². The maximum atomic E-state index is 13.8. The van der Waals surface area contributed by atoms with Gasteiger partial charge in [0.15, 0.2) is 0 Å². The van der Waals surface area contributed by atoms with Crippen LogP contribution in [0.2, 0.25) is 0 Å². The molecule has 1 aliphatic rings.